The van der Waals surface area contributed by atoms with E-state index in [1.165, 1.54) is 0 Å². The summed E-state index contributed by atoms with van der Waals surface area (Å²) in [5.41, 5.74) is 0. The molecule has 4 heteroatoms. The quantitative estimate of drug-likeness (QED) is 0.691. The van der Waals surface area contributed by atoms with Crippen LogP contribution in [-0.2, 0) is 9.53 Å². The molecular weight excluding hydrogens is 192 g/mol. The molecular formula is C11H20N2O2. The summed E-state index contributed by atoms with van der Waals surface area (Å²) in [7, 11) is 0. The van der Waals surface area contributed by atoms with Gasteiger partial charge in [0, 0.05) is 12.6 Å². The van der Waals surface area contributed by atoms with Gasteiger partial charge >= 0.3 is 0 Å². The van der Waals surface area contributed by atoms with E-state index in [-0.39, 0.29) is 18.1 Å². The average Bonchev–Trinajstić information content (AvgIpc) is 2.16. The lowest BCUT2D eigenvalue weighted by Crippen LogP contribution is -2.58. The lowest BCUT2D eigenvalue weighted by atomic mass is 9.82. The minimum absolute atomic E-state index is 0.0174. The average molecular weight is 212 g/mol. The third-order valence-corrected chi connectivity index (χ3v) is 3.32. The smallest absolute Gasteiger partial charge is 0.240 e. The van der Waals surface area contributed by atoms with Crippen LogP contribution in [0.4, 0.5) is 0 Å². The summed E-state index contributed by atoms with van der Waals surface area (Å²) >= 11 is 0. The van der Waals surface area contributed by atoms with Crippen molar-refractivity contribution in [1.29, 1.82) is 0 Å². The van der Waals surface area contributed by atoms with Gasteiger partial charge in [-0.15, -0.1) is 0 Å². The van der Waals surface area contributed by atoms with E-state index < -0.39 is 0 Å². The van der Waals surface area contributed by atoms with Crippen molar-refractivity contribution in [3.63, 3.8) is 0 Å². The van der Waals surface area contributed by atoms with E-state index >= 15 is 0 Å². The topological polar surface area (TPSA) is 50.4 Å². The van der Waals surface area contributed by atoms with Crippen LogP contribution in [0.1, 0.15) is 26.7 Å². The van der Waals surface area contributed by atoms with Crippen molar-refractivity contribution < 1.29 is 9.53 Å². The third kappa shape index (κ3) is 2.49. The largest absolute Gasteiger partial charge is 0.375 e. The van der Waals surface area contributed by atoms with Gasteiger partial charge in [0.2, 0.25) is 5.91 Å². The Morgan fingerprint density at radius 1 is 1.40 bits per heavy atom. The van der Waals surface area contributed by atoms with E-state index in [4.69, 9.17) is 4.74 Å². The van der Waals surface area contributed by atoms with Gasteiger partial charge in [0.15, 0.2) is 0 Å². The zero-order valence-electron chi connectivity index (χ0n) is 9.45. The molecule has 2 fully saturated rings. The second-order valence-electron chi connectivity index (χ2n) is 4.79. The standard InChI is InChI=1S/C11H20N2O2/c1-7-5-9(6-7)13-11(14)10-8(2)15-4-3-12-10/h7-10,12H,3-6H2,1-2H3,(H,13,14)/t7?,8-,9?,10+/m1/s1. The molecule has 0 aromatic carbocycles. The second-order valence-corrected chi connectivity index (χ2v) is 4.79. The lowest BCUT2D eigenvalue weighted by molar-refractivity contribution is -0.130. The van der Waals surface area contributed by atoms with Crippen molar-refractivity contribution >= 4 is 5.91 Å². The number of carbonyl (C=O) groups is 1. The number of hydrogen-bond donors (Lipinski definition) is 2. The minimum Gasteiger partial charge on any atom is -0.375 e. The molecule has 15 heavy (non-hydrogen) atoms. The summed E-state index contributed by atoms with van der Waals surface area (Å²) in [6, 6.07) is 0.220. The number of morpholine rings is 1. The maximum Gasteiger partial charge on any atom is 0.240 e. The molecule has 86 valence electrons. The van der Waals surface area contributed by atoms with Crippen molar-refractivity contribution in [3.05, 3.63) is 0 Å². The molecule has 2 rings (SSSR count). The Balaban J connectivity index is 1.79. The molecule has 2 N–H and O–H groups in total. The molecule has 4 nitrogen and oxygen atoms in total. The Bertz CT molecular complexity index is 239. The molecule has 2 atom stereocenters. The van der Waals surface area contributed by atoms with Crippen LogP contribution < -0.4 is 10.6 Å². The molecule has 2 aliphatic rings. The van der Waals surface area contributed by atoms with Crippen LogP contribution in [-0.4, -0.2) is 37.2 Å². The molecule has 1 aliphatic carbocycles. The van der Waals surface area contributed by atoms with Crippen molar-refractivity contribution in [1.82, 2.24) is 10.6 Å². The van der Waals surface area contributed by atoms with Gasteiger partial charge < -0.3 is 15.4 Å². The van der Waals surface area contributed by atoms with Crippen LogP contribution in [0.2, 0.25) is 0 Å². The second kappa shape index (κ2) is 4.49. The van der Waals surface area contributed by atoms with Gasteiger partial charge in [-0.2, -0.15) is 0 Å². The third-order valence-electron chi connectivity index (χ3n) is 3.32. The van der Waals surface area contributed by atoms with Crippen LogP contribution in [0, 0.1) is 5.92 Å². The molecule has 0 unspecified atom stereocenters. The first-order valence-corrected chi connectivity index (χ1v) is 5.82. The first-order valence-electron chi connectivity index (χ1n) is 5.82. The fraction of sp³-hybridized carbons (Fsp3) is 0.909. The Kier molecular flexibility index (Phi) is 3.26. The van der Waals surface area contributed by atoms with E-state index in [1.807, 2.05) is 6.92 Å². The minimum atomic E-state index is -0.172. The van der Waals surface area contributed by atoms with Crippen LogP contribution in [0.5, 0.6) is 0 Å². The zero-order chi connectivity index (χ0) is 10.8. The summed E-state index contributed by atoms with van der Waals surface area (Å²) in [5.74, 6) is 0.863. The van der Waals surface area contributed by atoms with Crippen LogP contribution in [0.3, 0.4) is 0 Å². The maximum atomic E-state index is 11.9. The lowest BCUT2D eigenvalue weighted by Gasteiger charge is -2.36. The molecule has 0 bridgehead atoms. The monoisotopic (exact) mass is 212 g/mol. The first-order chi connectivity index (χ1) is 7.16. The van der Waals surface area contributed by atoms with Gasteiger partial charge in [0.25, 0.3) is 0 Å². The highest BCUT2D eigenvalue weighted by Gasteiger charge is 2.32. The summed E-state index contributed by atoms with van der Waals surface area (Å²) in [6.45, 7) is 5.63. The van der Waals surface area contributed by atoms with Crippen molar-refractivity contribution in [2.24, 2.45) is 5.92 Å². The Morgan fingerprint density at radius 2 is 2.13 bits per heavy atom. The molecule has 0 spiro atoms. The Morgan fingerprint density at radius 3 is 2.73 bits per heavy atom. The van der Waals surface area contributed by atoms with Gasteiger partial charge in [-0.3, -0.25) is 4.79 Å². The SMILES string of the molecule is CC1CC(NC(=O)[C@H]2NCCO[C@@H]2C)C1. The summed E-state index contributed by atoms with van der Waals surface area (Å²) in [5, 5.41) is 6.26. The molecule has 1 saturated heterocycles. The normalized spacial score (nSPS) is 40.7. The number of ether oxygens (including phenoxy) is 1. The van der Waals surface area contributed by atoms with Gasteiger partial charge in [0.05, 0.1) is 12.7 Å². The molecule has 0 radical (unpaired) electrons. The van der Waals surface area contributed by atoms with Crippen LogP contribution in [0.25, 0.3) is 0 Å². The molecule has 0 aromatic rings. The highest BCUT2D eigenvalue weighted by molar-refractivity contribution is 5.82. The summed E-state index contributed by atoms with van der Waals surface area (Å²) in [6.07, 6.45) is 2.22. The fourth-order valence-corrected chi connectivity index (χ4v) is 2.34. The van der Waals surface area contributed by atoms with E-state index in [9.17, 15) is 4.79 Å². The zero-order valence-corrected chi connectivity index (χ0v) is 9.45. The summed E-state index contributed by atoms with van der Waals surface area (Å²) < 4.78 is 5.44. The van der Waals surface area contributed by atoms with Crippen molar-refractivity contribution in [2.45, 2.75) is 44.9 Å². The number of rotatable bonds is 2. The predicted molar refractivity (Wildman–Crippen MR) is 57.5 cm³/mol. The molecule has 1 saturated carbocycles. The Hall–Kier alpha value is -0.610. The fourth-order valence-electron chi connectivity index (χ4n) is 2.34. The highest BCUT2D eigenvalue weighted by Crippen LogP contribution is 2.26. The predicted octanol–water partition coefficient (Wildman–Crippen LogP) is 0.278. The van der Waals surface area contributed by atoms with Gasteiger partial charge in [-0.05, 0) is 25.7 Å². The van der Waals surface area contributed by atoms with Crippen LogP contribution >= 0.6 is 0 Å². The van der Waals surface area contributed by atoms with Gasteiger partial charge in [-0.1, -0.05) is 6.92 Å². The number of hydrogen-bond acceptors (Lipinski definition) is 3. The van der Waals surface area contributed by atoms with E-state index in [2.05, 4.69) is 17.6 Å². The molecule has 1 aliphatic heterocycles. The van der Waals surface area contributed by atoms with Gasteiger partial charge in [-0.25, -0.2) is 0 Å². The van der Waals surface area contributed by atoms with Crippen LogP contribution in [0.15, 0.2) is 0 Å². The van der Waals surface area contributed by atoms with E-state index in [0.717, 1.165) is 25.3 Å². The Labute approximate surface area is 90.8 Å². The van der Waals surface area contributed by atoms with Gasteiger partial charge in [0.1, 0.15) is 6.04 Å². The number of carbonyl (C=O) groups excluding carboxylic acids is 1. The molecule has 1 amide bonds. The van der Waals surface area contributed by atoms with Crippen molar-refractivity contribution in [2.75, 3.05) is 13.2 Å². The van der Waals surface area contributed by atoms with Crippen molar-refractivity contribution in [3.8, 4) is 0 Å². The molecule has 0 aromatic heterocycles. The highest BCUT2D eigenvalue weighted by atomic mass is 16.5. The van der Waals surface area contributed by atoms with E-state index in [0.29, 0.717) is 12.6 Å². The maximum absolute atomic E-state index is 11.9. The number of amides is 1. The first kappa shape index (κ1) is 10.9. The molecule has 1 heterocycles. The van der Waals surface area contributed by atoms with E-state index in [1.54, 1.807) is 0 Å². The summed E-state index contributed by atoms with van der Waals surface area (Å²) in [4.78, 5) is 11.9. The number of nitrogens with one attached hydrogen (secondary N) is 2.